The fourth-order valence-corrected chi connectivity index (χ4v) is 2.44. The van der Waals surface area contributed by atoms with Crippen LogP contribution >= 0.6 is 11.6 Å². The van der Waals surface area contributed by atoms with Crippen molar-refractivity contribution in [3.8, 4) is 0 Å². The number of unbranched alkanes of at least 4 members (excludes halogenated alkanes) is 6. The highest BCUT2D eigenvalue weighted by Crippen LogP contribution is 2.14. The monoisotopic (exact) mass is 280 g/mol. The number of halogens is 1. The Hall–Kier alpha value is -1.16. The van der Waals surface area contributed by atoms with Gasteiger partial charge in [-0.05, 0) is 6.42 Å². The Morgan fingerprint density at radius 1 is 1.05 bits per heavy atom. The van der Waals surface area contributed by atoms with Gasteiger partial charge in [0.15, 0.2) is 10.8 Å². The number of aryl methyl sites for hydroxylation is 1. The summed E-state index contributed by atoms with van der Waals surface area (Å²) in [5.74, 6) is 0.979. The van der Waals surface area contributed by atoms with E-state index in [0.29, 0.717) is 10.8 Å². The van der Waals surface area contributed by atoms with Crippen molar-refractivity contribution < 1.29 is 0 Å². The molecular weight excluding hydrogens is 260 g/mol. The topological polar surface area (TPSA) is 43.1 Å². The molecule has 0 aliphatic carbocycles. The van der Waals surface area contributed by atoms with Crippen molar-refractivity contribution in [3.05, 3.63) is 23.4 Å². The van der Waals surface area contributed by atoms with Crippen molar-refractivity contribution in [3.63, 3.8) is 0 Å². The lowest BCUT2D eigenvalue weighted by Gasteiger charge is -2.01. The van der Waals surface area contributed by atoms with Gasteiger partial charge >= 0.3 is 0 Å². The van der Waals surface area contributed by atoms with Crippen LogP contribution in [0.2, 0.25) is 5.15 Å². The van der Waals surface area contributed by atoms with Gasteiger partial charge in [-0.25, -0.2) is 4.98 Å². The predicted octanol–water partition coefficient (Wildman–Crippen LogP) is 4.07. The molecule has 0 bridgehead atoms. The molecule has 2 aromatic heterocycles. The molecule has 4 nitrogen and oxygen atoms in total. The molecule has 5 heteroatoms. The Morgan fingerprint density at radius 3 is 2.58 bits per heavy atom. The average molecular weight is 281 g/mol. The zero-order valence-corrected chi connectivity index (χ0v) is 12.2. The van der Waals surface area contributed by atoms with Gasteiger partial charge in [-0.1, -0.05) is 57.0 Å². The number of nitrogens with zero attached hydrogens (tertiary/aromatic N) is 4. The van der Waals surface area contributed by atoms with Gasteiger partial charge in [0.1, 0.15) is 5.82 Å². The van der Waals surface area contributed by atoms with E-state index in [4.69, 9.17) is 11.6 Å². The number of aromatic nitrogens is 4. The molecule has 0 atom stereocenters. The minimum absolute atomic E-state index is 0.417. The van der Waals surface area contributed by atoms with Gasteiger partial charge in [0, 0.05) is 18.8 Å². The first-order valence-electron chi connectivity index (χ1n) is 7.17. The smallest absolute Gasteiger partial charge is 0.198 e. The Labute approximate surface area is 119 Å². The molecular formula is C14H21ClN4. The molecule has 2 aromatic rings. The lowest BCUT2D eigenvalue weighted by molar-refractivity contribution is 0.583. The normalized spacial score (nSPS) is 11.3. The highest BCUT2D eigenvalue weighted by atomic mass is 35.5. The van der Waals surface area contributed by atoms with Gasteiger partial charge in [-0.2, -0.15) is 0 Å². The lowest BCUT2D eigenvalue weighted by Crippen LogP contribution is -1.96. The summed E-state index contributed by atoms with van der Waals surface area (Å²) in [7, 11) is 0. The number of fused-ring (bicyclic) bond motifs is 1. The van der Waals surface area contributed by atoms with Crippen LogP contribution in [0.15, 0.2) is 12.4 Å². The third-order valence-corrected chi connectivity index (χ3v) is 3.63. The Bertz CT molecular complexity index is 509. The van der Waals surface area contributed by atoms with Crippen molar-refractivity contribution in [2.45, 2.75) is 58.3 Å². The van der Waals surface area contributed by atoms with E-state index in [9.17, 15) is 0 Å². The van der Waals surface area contributed by atoms with Crippen molar-refractivity contribution in [2.75, 3.05) is 0 Å². The molecule has 104 valence electrons. The van der Waals surface area contributed by atoms with Crippen molar-refractivity contribution in [1.29, 1.82) is 0 Å². The predicted molar refractivity (Wildman–Crippen MR) is 77.5 cm³/mol. The third kappa shape index (κ3) is 3.90. The quantitative estimate of drug-likeness (QED) is 0.685. The summed E-state index contributed by atoms with van der Waals surface area (Å²) in [6.45, 7) is 2.25. The summed E-state index contributed by atoms with van der Waals surface area (Å²) in [4.78, 5) is 4.00. The number of hydrogen-bond acceptors (Lipinski definition) is 3. The minimum atomic E-state index is 0.417. The average Bonchev–Trinajstić information content (AvgIpc) is 2.83. The summed E-state index contributed by atoms with van der Waals surface area (Å²) in [6.07, 6.45) is 13.6. The molecule has 2 heterocycles. The molecule has 0 fully saturated rings. The van der Waals surface area contributed by atoms with Gasteiger partial charge in [-0.15, -0.1) is 10.2 Å². The first-order chi connectivity index (χ1) is 9.33. The van der Waals surface area contributed by atoms with E-state index in [1.807, 2.05) is 10.6 Å². The van der Waals surface area contributed by atoms with Gasteiger partial charge in [-0.3, -0.25) is 4.40 Å². The molecule has 0 aliphatic heterocycles. The van der Waals surface area contributed by atoms with Gasteiger partial charge in [0.25, 0.3) is 0 Å². The summed E-state index contributed by atoms with van der Waals surface area (Å²) in [5.41, 5.74) is 0.655. The van der Waals surface area contributed by atoms with E-state index >= 15 is 0 Å². The molecule has 19 heavy (non-hydrogen) atoms. The zero-order valence-electron chi connectivity index (χ0n) is 11.5. The lowest BCUT2D eigenvalue weighted by atomic mass is 10.1. The van der Waals surface area contributed by atoms with Crippen LogP contribution in [0.4, 0.5) is 0 Å². The maximum atomic E-state index is 5.97. The van der Waals surface area contributed by atoms with Gasteiger partial charge in [0.05, 0.1) is 0 Å². The number of rotatable bonds is 8. The first kappa shape index (κ1) is 14.3. The van der Waals surface area contributed by atoms with Gasteiger partial charge in [0.2, 0.25) is 0 Å². The standard InChI is InChI=1S/C14H21ClN4/c1-2-3-4-5-6-7-8-9-12-17-18-14-13(15)16-10-11-19(12)14/h10-11H,2-9H2,1H3. The van der Waals surface area contributed by atoms with Crippen LogP contribution in [0.25, 0.3) is 5.65 Å². The molecule has 0 saturated heterocycles. The first-order valence-corrected chi connectivity index (χ1v) is 7.55. The van der Waals surface area contributed by atoms with Crippen molar-refractivity contribution in [1.82, 2.24) is 19.6 Å². The third-order valence-electron chi connectivity index (χ3n) is 3.36. The molecule has 0 aliphatic rings. The van der Waals surface area contributed by atoms with E-state index in [1.165, 1.54) is 38.5 Å². The Morgan fingerprint density at radius 2 is 1.79 bits per heavy atom. The van der Waals surface area contributed by atoms with Gasteiger partial charge < -0.3 is 0 Å². The molecule has 0 radical (unpaired) electrons. The van der Waals surface area contributed by atoms with E-state index in [0.717, 1.165) is 18.7 Å². The molecule has 0 saturated carbocycles. The molecule has 0 N–H and O–H groups in total. The SMILES string of the molecule is CCCCCCCCCc1nnc2c(Cl)nccn12. The maximum Gasteiger partial charge on any atom is 0.198 e. The van der Waals surface area contributed by atoms with Crippen LogP contribution in [0.5, 0.6) is 0 Å². The summed E-state index contributed by atoms with van der Waals surface area (Å²) in [6, 6.07) is 0. The van der Waals surface area contributed by atoms with E-state index in [-0.39, 0.29) is 0 Å². The van der Waals surface area contributed by atoms with Crippen molar-refractivity contribution >= 4 is 17.2 Å². The van der Waals surface area contributed by atoms with E-state index in [1.54, 1.807) is 6.20 Å². The van der Waals surface area contributed by atoms with E-state index in [2.05, 4.69) is 22.1 Å². The van der Waals surface area contributed by atoms with Crippen molar-refractivity contribution in [2.24, 2.45) is 0 Å². The maximum absolute atomic E-state index is 5.97. The summed E-state index contributed by atoms with van der Waals surface area (Å²) in [5, 5.41) is 8.69. The molecule has 2 rings (SSSR count). The van der Waals surface area contributed by atoms with Crippen LogP contribution in [-0.4, -0.2) is 19.6 Å². The second-order valence-electron chi connectivity index (χ2n) is 4.90. The second kappa shape index (κ2) is 7.43. The number of hydrogen-bond donors (Lipinski definition) is 0. The van der Waals surface area contributed by atoms with Crippen LogP contribution in [-0.2, 0) is 6.42 Å². The zero-order chi connectivity index (χ0) is 13.5. The molecule has 0 amide bonds. The van der Waals surface area contributed by atoms with Crippen LogP contribution in [0.1, 0.15) is 57.7 Å². The molecule has 0 aromatic carbocycles. The Kier molecular flexibility index (Phi) is 5.58. The van der Waals surface area contributed by atoms with Crippen LogP contribution in [0.3, 0.4) is 0 Å². The minimum Gasteiger partial charge on any atom is -0.282 e. The summed E-state index contributed by atoms with van der Waals surface area (Å²) >= 11 is 5.97. The van der Waals surface area contributed by atoms with Crippen LogP contribution < -0.4 is 0 Å². The molecule has 0 spiro atoms. The fraction of sp³-hybridized carbons (Fsp3) is 0.643. The fourth-order valence-electron chi connectivity index (χ4n) is 2.25. The molecule has 0 unspecified atom stereocenters. The van der Waals surface area contributed by atoms with Crippen LogP contribution in [0, 0.1) is 0 Å². The highest BCUT2D eigenvalue weighted by Gasteiger charge is 2.08. The van der Waals surface area contributed by atoms with E-state index < -0.39 is 0 Å². The highest BCUT2D eigenvalue weighted by molar-refractivity contribution is 6.32. The second-order valence-corrected chi connectivity index (χ2v) is 5.26. The Balaban J connectivity index is 1.77. The largest absolute Gasteiger partial charge is 0.282 e. The summed E-state index contributed by atoms with van der Waals surface area (Å²) < 4.78 is 1.94.